The molecule has 0 saturated heterocycles. The summed E-state index contributed by atoms with van der Waals surface area (Å²) in [6.45, 7) is 4.26. The van der Waals surface area contributed by atoms with Gasteiger partial charge in [0.15, 0.2) is 5.13 Å². The Morgan fingerprint density at radius 1 is 1.14 bits per heavy atom. The molecule has 0 fully saturated rings. The Bertz CT molecular complexity index is 1140. The monoisotopic (exact) mass is 449 g/mol. The van der Waals surface area contributed by atoms with Crippen molar-refractivity contribution < 1.29 is 13.2 Å². The van der Waals surface area contributed by atoms with Gasteiger partial charge >= 0.3 is 0 Å². The van der Waals surface area contributed by atoms with Gasteiger partial charge in [0.25, 0.3) is 5.91 Å². The van der Waals surface area contributed by atoms with E-state index in [0.29, 0.717) is 11.0 Å². The molecular formula is C20H20ClN3O3S2. The van der Waals surface area contributed by atoms with E-state index in [1.807, 2.05) is 17.5 Å². The summed E-state index contributed by atoms with van der Waals surface area (Å²) in [7, 11) is -2.39. The summed E-state index contributed by atoms with van der Waals surface area (Å²) in [5, 5.41) is 5.09. The lowest BCUT2D eigenvalue weighted by atomic mass is 10.0. The average Bonchev–Trinajstić information content (AvgIpc) is 3.16. The van der Waals surface area contributed by atoms with Gasteiger partial charge in [-0.05, 0) is 36.7 Å². The minimum atomic E-state index is -3.69. The van der Waals surface area contributed by atoms with Crippen LogP contribution in [-0.4, -0.2) is 26.4 Å². The van der Waals surface area contributed by atoms with Crippen LogP contribution in [0.1, 0.15) is 35.7 Å². The van der Waals surface area contributed by atoms with Gasteiger partial charge in [-0.25, -0.2) is 18.1 Å². The molecule has 2 aromatic carbocycles. The van der Waals surface area contributed by atoms with Gasteiger partial charge in [-0.2, -0.15) is 0 Å². The van der Waals surface area contributed by atoms with Gasteiger partial charge in [0.05, 0.1) is 21.2 Å². The van der Waals surface area contributed by atoms with E-state index in [4.69, 9.17) is 11.6 Å². The van der Waals surface area contributed by atoms with Crippen LogP contribution in [0.5, 0.6) is 0 Å². The molecule has 6 nitrogen and oxygen atoms in total. The first kappa shape index (κ1) is 21.4. The summed E-state index contributed by atoms with van der Waals surface area (Å²) in [6.07, 6.45) is 0. The summed E-state index contributed by atoms with van der Waals surface area (Å²) >= 11 is 7.38. The largest absolute Gasteiger partial charge is 0.298 e. The zero-order valence-corrected chi connectivity index (χ0v) is 18.5. The third kappa shape index (κ3) is 4.84. The molecule has 1 amide bonds. The number of nitrogens with one attached hydrogen (secondary N) is 2. The smallest absolute Gasteiger partial charge is 0.259 e. The standard InChI is InChI=1S/C20H20ClN3O3S2/c1-12(2)13-4-6-14(7-5-13)18-11-28-20(23-18)24-19(25)16-10-15(8-9-17(16)21)29(26,27)22-3/h4-12,22H,1-3H3,(H,23,24,25). The lowest BCUT2D eigenvalue weighted by molar-refractivity contribution is 0.102. The van der Waals surface area contributed by atoms with Gasteiger partial charge in [0, 0.05) is 10.9 Å². The second kappa shape index (κ2) is 8.62. The SMILES string of the molecule is CNS(=O)(=O)c1ccc(Cl)c(C(=O)Nc2nc(-c3ccc(C(C)C)cc3)cs2)c1. The van der Waals surface area contributed by atoms with Crippen LogP contribution in [-0.2, 0) is 10.0 Å². The first-order valence-corrected chi connectivity index (χ1v) is 11.6. The predicted octanol–water partition coefficient (Wildman–Crippen LogP) is 4.75. The number of thiazole rings is 1. The average molecular weight is 450 g/mol. The van der Waals surface area contributed by atoms with Crippen LogP contribution in [0.2, 0.25) is 5.02 Å². The van der Waals surface area contributed by atoms with Crippen molar-refractivity contribution in [3.8, 4) is 11.3 Å². The minimum Gasteiger partial charge on any atom is -0.298 e. The number of amides is 1. The number of carbonyl (C=O) groups excluding carboxylic acids is 1. The Morgan fingerprint density at radius 2 is 1.83 bits per heavy atom. The Morgan fingerprint density at radius 3 is 2.45 bits per heavy atom. The van der Waals surface area contributed by atoms with E-state index in [0.717, 1.165) is 11.3 Å². The quantitative estimate of drug-likeness (QED) is 0.568. The first-order valence-electron chi connectivity index (χ1n) is 8.81. The molecule has 29 heavy (non-hydrogen) atoms. The Hall–Kier alpha value is -2.26. The molecule has 152 valence electrons. The first-order chi connectivity index (χ1) is 13.7. The van der Waals surface area contributed by atoms with Gasteiger partial charge < -0.3 is 0 Å². The second-order valence-electron chi connectivity index (χ2n) is 6.62. The molecule has 0 saturated carbocycles. The molecule has 1 heterocycles. The van der Waals surface area contributed by atoms with Crippen molar-refractivity contribution in [2.24, 2.45) is 0 Å². The van der Waals surface area contributed by atoms with Crippen LogP contribution in [0.15, 0.2) is 52.7 Å². The minimum absolute atomic E-state index is 0.0420. The van der Waals surface area contributed by atoms with Crippen LogP contribution < -0.4 is 10.0 Å². The van der Waals surface area contributed by atoms with Crippen molar-refractivity contribution in [1.82, 2.24) is 9.71 Å². The van der Waals surface area contributed by atoms with E-state index in [2.05, 4.69) is 41.0 Å². The molecular weight excluding hydrogens is 430 g/mol. The summed E-state index contributed by atoms with van der Waals surface area (Å²) in [5.41, 5.74) is 2.99. The van der Waals surface area contributed by atoms with E-state index in [1.54, 1.807) is 0 Å². The Labute approximate surface area is 179 Å². The summed E-state index contributed by atoms with van der Waals surface area (Å²) in [6, 6.07) is 12.1. The van der Waals surface area contributed by atoms with Crippen molar-refractivity contribution in [3.05, 3.63) is 64.0 Å². The van der Waals surface area contributed by atoms with E-state index < -0.39 is 15.9 Å². The number of hydrogen-bond donors (Lipinski definition) is 2. The maximum absolute atomic E-state index is 12.6. The second-order valence-corrected chi connectivity index (χ2v) is 9.77. The van der Waals surface area contributed by atoms with Gasteiger partial charge in [-0.1, -0.05) is 49.7 Å². The van der Waals surface area contributed by atoms with Crippen LogP contribution in [0.4, 0.5) is 5.13 Å². The number of sulfonamides is 1. The zero-order valence-electron chi connectivity index (χ0n) is 16.1. The molecule has 1 aromatic heterocycles. The predicted molar refractivity (Wildman–Crippen MR) is 117 cm³/mol. The number of anilines is 1. The summed E-state index contributed by atoms with van der Waals surface area (Å²) in [5.74, 6) is -0.0826. The van der Waals surface area contributed by atoms with Crippen LogP contribution in [0, 0.1) is 0 Å². The van der Waals surface area contributed by atoms with Crippen molar-refractivity contribution in [1.29, 1.82) is 0 Å². The van der Waals surface area contributed by atoms with Crippen LogP contribution in [0.25, 0.3) is 11.3 Å². The molecule has 0 spiro atoms. The number of benzene rings is 2. The molecule has 0 aliphatic rings. The molecule has 3 aromatic rings. The molecule has 2 N–H and O–H groups in total. The molecule has 0 bridgehead atoms. The zero-order chi connectivity index (χ0) is 21.2. The highest BCUT2D eigenvalue weighted by Crippen LogP contribution is 2.28. The topological polar surface area (TPSA) is 88.2 Å². The fourth-order valence-electron chi connectivity index (χ4n) is 2.63. The van der Waals surface area contributed by atoms with E-state index in [-0.39, 0.29) is 15.5 Å². The molecule has 9 heteroatoms. The van der Waals surface area contributed by atoms with Crippen LogP contribution in [0.3, 0.4) is 0 Å². The van der Waals surface area contributed by atoms with Crippen LogP contribution >= 0.6 is 22.9 Å². The summed E-state index contributed by atoms with van der Waals surface area (Å²) in [4.78, 5) is 17.0. The number of halogens is 1. The number of carbonyl (C=O) groups is 1. The number of hydrogen-bond acceptors (Lipinski definition) is 5. The van der Waals surface area contributed by atoms with Gasteiger partial charge in [-0.3, -0.25) is 10.1 Å². The highest BCUT2D eigenvalue weighted by molar-refractivity contribution is 7.89. The lowest BCUT2D eigenvalue weighted by Crippen LogP contribution is -2.20. The van der Waals surface area contributed by atoms with Gasteiger partial charge in [-0.15, -0.1) is 11.3 Å². The molecule has 3 rings (SSSR count). The summed E-state index contributed by atoms with van der Waals surface area (Å²) < 4.78 is 26.2. The molecule has 0 aliphatic carbocycles. The van der Waals surface area contributed by atoms with Gasteiger partial charge in [0.1, 0.15) is 0 Å². The number of nitrogens with zero attached hydrogens (tertiary/aromatic N) is 1. The highest BCUT2D eigenvalue weighted by atomic mass is 35.5. The third-order valence-electron chi connectivity index (χ3n) is 4.36. The Balaban J connectivity index is 1.81. The highest BCUT2D eigenvalue weighted by Gasteiger charge is 2.18. The molecule has 0 atom stereocenters. The number of rotatable bonds is 6. The maximum atomic E-state index is 12.6. The van der Waals surface area contributed by atoms with Crippen molar-refractivity contribution in [2.45, 2.75) is 24.7 Å². The fraction of sp³-hybridized carbons (Fsp3) is 0.200. The lowest BCUT2D eigenvalue weighted by Gasteiger charge is -2.08. The van der Waals surface area contributed by atoms with Crippen molar-refractivity contribution in [3.63, 3.8) is 0 Å². The normalized spacial score (nSPS) is 11.6. The maximum Gasteiger partial charge on any atom is 0.259 e. The number of aromatic nitrogens is 1. The Kier molecular flexibility index (Phi) is 6.38. The molecule has 0 unspecified atom stereocenters. The van der Waals surface area contributed by atoms with Gasteiger partial charge in [0.2, 0.25) is 10.0 Å². The molecule has 0 aliphatic heterocycles. The van der Waals surface area contributed by atoms with E-state index in [9.17, 15) is 13.2 Å². The van der Waals surface area contributed by atoms with Crippen molar-refractivity contribution in [2.75, 3.05) is 12.4 Å². The van der Waals surface area contributed by atoms with E-state index >= 15 is 0 Å². The molecule has 0 radical (unpaired) electrons. The van der Waals surface area contributed by atoms with Crippen molar-refractivity contribution >= 4 is 44.0 Å². The fourth-order valence-corrected chi connectivity index (χ4v) is 4.30. The third-order valence-corrected chi connectivity index (χ3v) is 6.86. The van der Waals surface area contributed by atoms with E-state index in [1.165, 1.54) is 42.1 Å².